The molecule has 0 aliphatic heterocycles. The van der Waals surface area contributed by atoms with Crippen LogP contribution in [0.25, 0.3) is 0 Å². The molecule has 2 aromatic rings. The molecule has 1 aromatic carbocycles. The van der Waals surface area contributed by atoms with Gasteiger partial charge < -0.3 is 5.32 Å². The molecule has 21 heavy (non-hydrogen) atoms. The molecule has 2 rings (SSSR count). The third-order valence-corrected chi connectivity index (χ3v) is 3.79. The zero-order valence-corrected chi connectivity index (χ0v) is 13.6. The predicted molar refractivity (Wildman–Crippen MR) is 84.1 cm³/mol. The lowest BCUT2D eigenvalue weighted by molar-refractivity contribution is 0.423. The molecular formula is C16H21ClFN3. The van der Waals surface area contributed by atoms with E-state index in [1.54, 1.807) is 6.07 Å². The Kier molecular flexibility index (Phi) is 4.69. The van der Waals surface area contributed by atoms with Crippen LogP contribution in [0.3, 0.4) is 0 Å². The Morgan fingerprint density at radius 3 is 2.67 bits per heavy atom. The summed E-state index contributed by atoms with van der Waals surface area (Å²) < 4.78 is 15.3. The molecule has 1 aromatic heterocycles. The number of hydrogen-bond acceptors (Lipinski definition) is 2. The maximum Gasteiger partial charge on any atom is 0.142 e. The minimum atomic E-state index is -0.395. The molecule has 3 nitrogen and oxygen atoms in total. The smallest absolute Gasteiger partial charge is 0.142 e. The highest BCUT2D eigenvalue weighted by Crippen LogP contribution is 2.21. The molecule has 0 bridgehead atoms. The van der Waals surface area contributed by atoms with Crippen molar-refractivity contribution in [3.63, 3.8) is 0 Å². The SMILES string of the molecule is Cc1c(CNC(C)(C)C)cnn1Cc1cccc(F)c1Cl. The molecule has 0 fully saturated rings. The Bertz CT molecular complexity index is 629. The minimum Gasteiger partial charge on any atom is -0.308 e. The topological polar surface area (TPSA) is 29.9 Å². The second kappa shape index (κ2) is 6.16. The Morgan fingerprint density at radius 1 is 1.29 bits per heavy atom. The molecule has 0 amide bonds. The molecular weight excluding hydrogens is 289 g/mol. The predicted octanol–water partition coefficient (Wildman–Crippen LogP) is 3.92. The molecule has 0 spiro atoms. The van der Waals surface area contributed by atoms with Crippen molar-refractivity contribution in [2.45, 2.75) is 46.3 Å². The standard InChI is InChI=1S/C16H21ClFN3/c1-11-13(8-19-16(2,3)4)9-20-21(11)10-12-6-5-7-14(18)15(12)17/h5-7,9,19H,8,10H2,1-4H3. The van der Waals surface area contributed by atoms with Crippen LogP contribution in [0.1, 0.15) is 37.6 Å². The Balaban J connectivity index is 2.15. The Hall–Kier alpha value is -1.39. The Morgan fingerprint density at radius 2 is 2.00 bits per heavy atom. The van der Waals surface area contributed by atoms with Gasteiger partial charge in [0.1, 0.15) is 5.82 Å². The highest BCUT2D eigenvalue weighted by molar-refractivity contribution is 6.31. The molecule has 1 N–H and O–H groups in total. The van der Waals surface area contributed by atoms with Gasteiger partial charge in [0.05, 0.1) is 17.8 Å². The number of benzene rings is 1. The van der Waals surface area contributed by atoms with Gasteiger partial charge in [-0.3, -0.25) is 4.68 Å². The number of nitrogens with zero attached hydrogens (tertiary/aromatic N) is 2. The van der Waals surface area contributed by atoms with Crippen molar-refractivity contribution in [3.8, 4) is 0 Å². The first-order chi connectivity index (χ1) is 9.78. The summed E-state index contributed by atoms with van der Waals surface area (Å²) in [5.74, 6) is -0.395. The van der Waals surface area contributed by atoms with Crippen molar-refractivity contribution in [3.05, 3.63) is 52.1 Å². The first kappa shape index (κ1) is 16.0. The zero-order chi connectivity index (χ0) is 15.6. The van der Waals surface area contributed by atoms with Gasteiger partial charge in [-0.1, -0.05) is 23.7 Å². The van der Waals surface area contributed by atoms with Crippen LogP contribution in [-0.4, -0.2) is 15.3 Å². The molecule has 0 unspecified atom stereocenters. The van der Waals surface area contributed by atoms with Crippen LogP contribution in [0.4, 0.5) is 4.39 Å². The monoisotopic (exact) mass is 309 g/mol. The normalized spacial score (nSPS) is 11.9. The van der Waals surface area contributed by atoms with E-state index in [9.17, 15) is 4.39 Å². The largest absolute Gasteiger partial charge is 0.308 e. The van der Waals surface area contributed by atoms with Crippen LogP contribution in [0.15, 0.2) is 24.4 Å². The van der Waals surface area contributed by atoms with Gasteiger partial charge >= 0.3 is 0 Å². The van der Waals surface area contributed by atoms with Crippen molar-refractivity contribution < 1.29 is 4.39 Å². The van der Waals surface area contributed by atoms with Gasteiger partial charge in [0, 0.05) is 23.3 Å². The lowest BCUT2D eigenvalue weighted by Crippen LogP contribution is -2.35. The van der Waals surface area contributed by atoms with Gasteiger partial charge in [-0.15, -0.1) is 0 Å². The van der Waals surface area contributed by atoms with Crippen molar-refractivity contribution in [1.29, 1.82) is 0 Å². The summed E-state index contributed by atoms with van der Waals surface area (Å²) in [6, 6.07) is 4.84. The number of hydrogen-bond donors (Lipinski definition) is 1. The summed E-state index contributed by atoms with van der Waals surface area (Å²) in [4.78, 5) is 0. The molecule has 0 saturated carbocycles. The van der Waals surface area contributed by atoms with E-state index in [0.717, 1.165) is 23.4 Å². The van der Waals surface area contributed by atoms with Crippen molar-refractivity contribution in [2.75, 3.05) is 0 Å². The third-order valence-electron chi connectivity index (χ3n) is 3.37. The fourth-order valence-corrected chi connectivity index (χ4v) is 2.20. The van der Waals surface area contributed by atoms with E-state index < -0.39 is 5.82 Å². The lowest BCUT2D eigenvalue weighted by atomic mass is 10.1. The Labute approximate surface area is 130 Å². The summed E-state index contributed by atoms with van der Waals surface area (Å²) in [7, 11) is 0. The van der Waals surface area contributed by atoms with Crippen LogP contribution in [0, 0.1) is 12.7 Å². The van der Waals surface area contributed by atoms with Gasteiger partial charge in [0.15, 0.2) is 0 Å². The number of halogens is 2. The minimum absolute atomic E-state index is 0.0560. The number of nitrogens with one attached hydrogen (secondary N) is 1. The van der Waals surface area contributed by atoms with E-state index in [1.165, 1.54) is 6.07 Å². The van der Waals surface area contributed by atoms with Gasteiger partial charge in [0.25, 0.3) is 0 Å². The van der Waals surface area contributed by atoms with Gasteiger partial charge in [0.2, 0.25) is 0 Å². The molecule has 0 atom stereocenters. The first-order valence-electron chi connectivity index (χ1n) is 6.97. The van der Waals surface area contributed by atoms with Crippen molar-refractivity contribution >= 4 is 11.6 Å². The summed E-state index contributed by atoms with van der Waals surface area (Å²) in [6.07, 6.45) is 1.85. The van der Waals surface area contributed by atoms with E-state index in [4.69, 9.17) is 11.6 Å². The van der Waals surface area contributed by atoms with E-state index >= 15 is 0 Å². The van der Waals surface area contributed by atoms with Crippen LogP contribution in [0.5, 0.6) is 0 Å². The summed E-state index contributed by atoms with van der Waals surface area (Å²) >= 11 is 5.99. The van der Waals surface area contributed by atoms with E-state index in [2.05, 4.69) is 31.2 Å². The quantitative estimate of drug-likeness (QED) is 0.927. The molecule has 5 heteroatoms. The fraction of sp³-hybridized carbons (Fsp3) is 0.438. The lowest BCUT2D eigenvalue weighted by Gasteiger charge is -2.20. The van der Waals surface area contributed by atoms with Crippen LogP contribution in [-0.2, 0) is 13.1 Å². The van der Waals surface area contributed by atoms with Crippen LogP contribution >= 0.6 is 11.6 Å². The molecule has 0 aliphatic carbocycles. The summed E-state index contributed by atoms with van der Waals surface area (Å²) in [6.45, 7) is 9.61. The maximum atomic E-state index is 13.5. The second-order valence-electron chi connectivity index (χ2n) is 6.23. The van der Waals surface area contributed by atoms with E-state index in [0.29, 0.717) is 6.54 Å². The van der Waals surface area contributed by atoms with Gasteiger partial charge in [-0.25, -0.2) is 4.39 Å². The zero-order valence-electron chi connectivity index (χ0n) is 12.9. The molecule has 114 valence electrons. The van der Waals surface area contributed by atoms with Crippen molar-refractivity contribution in [1.82, 2.24) is 15.1 Å². The summed E-state index contributed by atoms with van der Waals surface area (Å²) in [5.41, 5.74) is 2.99. The summed E-state index contributed by atoms with van der Waals surface area (Å²) in [5, 5.41) is 7.98. The fourth-order valence-electron chi connectivity index (χ4n) is 2.01. The van der Waals surface area contributed by atoms with Gasteiger partial charge in [-0.2, -0.15) is 5.10 Å². The highest BCUT2D eigenvalue weighted by Gasteiger charge is 2.13. The van der Waals surface area contributed by atoms with E-state index in [1.807, 2.05) is 23.9 Å². The maximum absolute atomic E-state index is 13.5. The molecule has 0 aliphatic rings. The second-order valence-corrected chi connectivity index (χ2v) is 6.61. The van der Waals surface area contributed by atoms with Gasteiger partial charge in [-0.05, 0) is 39.3 Å². The third kappa shape index (κ3) is 4.05. The molecule has 0 radical (unpaired) electrons. The molecule has 1 heterocycles. The highest BCUT2D eigenvalue weighted by atomic mass is 35.5. The van der Waals surface area contributed by atoms with Crippen molar-refractivity contribution in [2.24, 2.45) is 0 Å². The van der Waals surface area contributed by atoms with Crippen LogP contribution in [0.2, 0.25) is 5.02 Å². The van der Waals surface area contributed by atoms with E-state index in [-0.39, 0.29) is 10.6 Å². The average Bonchev–Trinajstić information content (AvgIpc) is 2.73. The number of aromatic nitrogens is 2. The number of rotatable bonds is 4. The average molecular weight is 310 g/mol. The molecule has 0 saturated heterocycles. The first-order valence-corrected chi connectivity index (χ1v) is 7.35. The van der Waals surface area contributed by atoms with Crippen LogP contribution < -0.4 is 5.32 Å².